The van der Waals surface area contributed by atoms with Crippen molar-refractivity contribution in [3.8, 4) is 0 Å². The third-order valence-corrected chi connectivity index (χ3v) is 4.32. The van der Waals surface area contributed by atoms with E-state index in [1.54, 1.807) is 19.1 Å². The van der Waals surface area contributed by atoms with Crippen LogP contribution in [-0.4, -0.2) is 35.6 Å². The van der Waals surface area contributed by atoms with E-state index in [0.717, 1.165) is 12.1 Å². The first-order valence-electron chi connectivity index (χ1n) is 8.44. The number of aliphatic carboxylic acids is 1. The summed E-state index contributed by atoms with van der Waals surface area (Å²) in [5.74, 6) is -3.74. The van der Waals surface area contributed by atoms with E-state index in [1.807, 2.05) is 0 Å². The second-order valence-electron chi connectivity index (χ2n) is 6.06. The average molecular weight is 426 g/mol. The number of carbonyl (C=O) groups is 3. The first-order chi connectivity index (χ1) is 13.7. The predicted molar refractivity (Wildman–Crippen MR) is 102 cm³/mol. The number of benzene rings is 2. The van der Waals surface area contributed by atoms with Crippen LogP contribution < -0.4 is 16.0 Å². The average Bonchev–Trinajstić information content (AvgIpc) is 2.64. The molecule has 2 aromatic rings. The zero-order valence-corrected chi connectivity index (χ0v) is 16.0. The molecule has 0 spiro atoms. The van der Waals surface area contributed by atoms with Gasteiger partial charge in [0, 0.05) is 5.56 Å². The fourth-order valence-corrected chi connectivity index (χ4v) is 2.78. The fourth-order valence-electron chi connectivity index (χ4n) is 2.48. The van der Waals surface area contributed by atoms with Crippen LogP contribution in [0.4, 0.5) is 13.6 Å². The van der Waals surface area contributed by atoms with E-state index in [4.69, 9.17) is 11.6 Å². The van der Waals surface area contributed by atoms with Crippen molar-refractivity contribution in [2.24, 2.45) is 0 Å². The van der Waals surface area contributed by atoms with Crippen LogP contribution in [0.15, 0.2) is 36.4 Å². The second-order valence-corrected chi connectivity index (χ2v) is 6.47. The Kier molecular flexibility index (Phi) is 7.49. The monoisotopic (exact) mass is 425 g/mol. The molecule has 0 aromatic heterocycles. The van der Waals surface area contributed by atoms with Gasteiger partial charge in [0.2, 0.25) is 0 Å². The predicted octanol–water partition coefficient (Wildman–Crippen LogP) is 2.61. The van der Waals surface area contributed by atoms with E-state index in [9.17, 15) is 28.3 Å². The molecular weight excluding hydrogens is 408 g/mol. The summed E-state index contributed by atoms with van der Waals surface area (Å²) in [6.45, 7) is 0.744. The van der Waals surface area contributed by atoms with E-state index in [-0.39, 0.29) is 16.1 Å². The van der Waals surface area contributed by atoms with Crippen molar-refractivity contribution in [2.75, 3.05) is 6.54 Å². The first kappa shape index (κ1) is 22.1. The molecule has 4 N–H and O–H groups in total. The van der Waals surface area contributed by atoms with E-state index in [0.29, 0.717) is 5.56 Å². The summed E-state index contributed by atoms with van der Waals surface area (Å²) < 4.78 is 27.1. The van der Waals surface area contributed by atoms with Gasteiger partial charge in [0.1, 0.15) is 17.7 Å². The number of hydrogen-bond donors (Lipinski definition) is 4. The van der Waals surface area contributed by atoms with E-state index < -0.39 is 48.7 Å². The Morgan fingerprint density at radius 1 is 1.07 bits per heavy atom. The van der Waals surface area contributed by atoms with Crippen molar-refractivity contribution in [3.63, 3.8) is 0 Å². The summed E-state index contributed by atoms with van der Waals surface area (Å²) in [5, 5.41) is 16.2. The van der Waals surface area contributed by atoms with Crippen molar-refractivity contribution in [3.05, 3.63) is 69.7 Å². The lowest BCUT2D eigenvalue weighted by Gasteiger charge is -2.17. The van der Waals surface area contributed by atoms with Gasteiger partial charge in [0.25, 0.3) is 5.91 Å². The van der Waals surface area contributed by atoms with Crippen LogP contribution in [0.1, 0.15) is 21.5 Å². The van der Waals surface area contributed by atoms with Crippen LogP contribution in [0.25, 0.3) is 0 Å². The SMILES string of the molecule is Cc1cccc(Cl)c1C(=O)N[C@@H](CNC(=O)NCc1c(F)cccc1F)C(=O)O. The molecule has 29 heavy (non-hydrogen) atoms. The summed E-state index contributed by atoms with van der Waals surface area (Å²) >= 11 is 5.99. The molecular formula is C19H18ClF2N3O4. The van der Waals surface area contributed by atoms with Crippen molar-refractivity contribution in [1.29, 1.82) is 0 Å². The van der Waals surface area contributed by atoms with Gasteiger partial charge in [0.15, 0.2) is 0 Å². The molecule has 0 saturated heterocycles. The standard InChI is InChI=1S/C19H18ClF2N3O4/c1-10-4-2-5-12(20)16(10)17(26)25-15(18(27)28)9-24-19(29)23-8-11-13(21)6-3-7-14(11)22/h2-7,15H,8-9H2,1H3,(H,25,26)(H,27,28)(H2,23,24,29)/t15-/m0/s1. The maximum atomic E-state index is 13.5. The lowest BCUT2D eigenvalue weighted by Crippen LogP contribution is -2.50. The number of nitrogens with one attached hydrogen (secondary N) is 3. The molecule has 0 aliphatic heterocycles. The molecule has 10 heteroatoms. The quantitative estimate of drug-likeness (QED) is 0.547. The summed E-state index contributed by atoms with van der Waals surface area (Å²) in [4.78, 5) is 35.6. The van der Waals surface area contributed by atoms with Crippen LogP contribution in [-0.2, 0) is 11.3 Å². The lowest BCUT2D eigenvalue weighted by molar-refractivity contribution is -0.139. The van der Waals surface area contributed by atoms with Crippen molar-refractivity contribution in [1.82, 2.24) is 16.0 Å². The van der Waals surface area contributed by atoms with Gasteiger partial charge in [-0.1, -0.05) is 29.8 Å². The fraction of sp³-hybridized carbons (Fsp3) is 0.211. The maximum absolute atomic E-state index is 13.5. The van der Waals surface area contributed by atoms with Crippen molar-refractivity contribution in [2.45, 2.75) is 19.5 Å². The Balaban J connectivity index is 1.94. The summed E-state index contributed by atoms with van der Waals surface area (Å²) in [6.07, 6.45) is 0. The normalized spacial score (nSPS) is 11.4. The highest BCUT2D eigenvalue weighted by Crippen LogP contribution is 2.19. The van der Waals surface area contributed by atoms with Gasteiger partial charge < -0.3 is 21.1 Å². The van der Waals surface area contributed by atoms with Gasteiger partial charge in [-0.25, -0.2) is 18.4 Å². The molecule has 154 valence electrons. The number of amides is 3. The minimum atomic E-state index is -1.45. The third-order valence-electron chi connectivity index (χ3n) is 4.01. The molecule has 1 atom stereocenters. The molecule has 0 bridgehead atoms. The Morgan fingerprint density at radius 2 is 1.69 bits per heavy atom. The molecule has 0 aliphatic carbocycles. The number of hydrogen-bond acceptors (Lipinski definition) is 3. The van der Waals surface area contributed by atoms with Crippen LogP contribution in [0.3, 0.4) is 0 Å². The number of urea groups is 1. The lowest BCUT2D eigenvalue weighted by atomic mass is 10.1. The first-order valence-corrected chi connectivity index (χ1v) is 8.82. The minimum absolute atomic E-state index is 0.125. The number of carboxylic acids is 1. The highest BCUT2D eigenvalue weighted by Gasteiger charge is 2.23. The Hall–Kier alpha value is -3.20. The number of aryl methyl sites for hydroxylation is 1. The van der Waals surface area contributed by atoms with Gasteiger partial charge in [-0.2, -0.15) is 0 Å². The van der Waals surface area contributed by atoms with Crippen LogP contribution >= 0.6 is 11.6 Å². The summed E-state index contributed by atoms with van der Waals surface area (Å²) in [5.41, 5.74) is 0.344. The smallest absolute Gasteiger partial charge is 0.328 e. The Morgan fingerprint density at radius 3 is 2.28 bits per heavy atom. The highest BCUT2D eigenvalue weighted by atomic mass is 35.5. The largest absolute Gasteiger partial charge is 0.480 e. The van der Waals surface area contributed by atoms with Gasteiger partial charge >= 0.3 is 12.0 Å². The molecule has 3 amide bonds. The van der Waals surface area contributed by atoms with Crippen molar-refractivity contribution >= 4 is 29.5 Å². The number of halogens is 3. The Labute approximate surface area is 170 Å². The minimum Gasteiger partial charge on any atom is -0.480 e. The molecule has 0 aliphatic rings. The highest BCUT2D eigenvalue weighted by molar-refractivity contribution is 6.34. The van der Waals surface area contributed by atoms with Gasteiger partial charge in [0.05, 0.1) is 23.7 Å². The van der Waals surface area contributed by atoms with Crippen molar-refractivity contribution < 1.29 is 28.3 Å². The molecule has 2 aromatic carbocycles. The van der Waals surface area contributed by atoms with E-state index >= 15 is 0 Å². The summed E-state index contributed by atoms with van der Waals surface area (Å²) in [6, 6.07) is 5.76. The molecule has 0 saturated carbocycles. The van der Waals surface area contributed by atoms with Crippen LogP contribution in [0.2, 0.25) is 5.02 Å². The Bertz CT molecular complexity index is 899. The number of carboxylic acid groups (broad SMARTS) is 1. The zero-order chi connectivity index (χ0) is 21.6. The molecule has 2 rings (SSSR count). The van der Waals surface area contributed by atoms with Crippen LogP contribution in [0.5, 0.6) is 0 Å². The number of carbonyl (C=O) groups excluding carboxylic acids is 2. The molecule has 7 nitrogen and oxygen atoms in total. The summed E-state index contributed by atoms with van der Waals surface area (Å²) in [7, 11) is 0. The van der Waals surface area contributed by atoms with Crippen LogP contribution in [0, 0.1) is 18.6 Å². The topological polar surface area (TPSA) is 108 Å². The second kappa shape index (κ2) is 9.83. The van der Waals surface area contributed by atoms with Gasteiger partial charge in [-0.05, 0) is 30.7 Å². The third kappa shape index (κ3) is 5.89. The maximum Gasteiger partial charge on any atom is 0.328 e. The van der Waals surface area contributed by atoms with Gasteiger partial charge in [-0.3, -0.25) is 4.79 Å². The molecule has 0 fully saturated rings. The molecule has 0 radical (unpaired) electrons. The molecule has 0 unspecified atom stereocenters. The van der Waals surface area contributed by atoms with E-state index in [1.165, 1.54) is 12.1 Å². The number of rotatable bonds is 7. The van der Waals surface area contributed by atoms with E-state index in [2.05, 4.69) is 16.0 Å². The molecule has 0 heterocycles. The van der Waals surface area contributed by atoms with Gasteiger partial charge in [-0.15, -0.1) is 0 Å². The zero-order valence-electron chi connectivity index (χ0n) is 15.3.